The molecule has 8 nitrogen and oxygen atoms in total. The van der Waals surface area contributed by atoms with Gasteiger partial charge in [0.15, 0.2) is 5.82 Å². The van der Waals surface area contributed by atoms with Crippen LogP contribution in [0.2, 0.25) is 5.02 Å². The molecule has 3 heterocycles. The SMILES string of the molecule is CC[C@@H](NC(=O)N1C[C@H](O)C[C@@H]1c1nnc(C)n1Cc1ccc(Cl)cc1)c1ccc(C)o1. The maximum absolute atomic E-state index is 13.2. The fraction of sp³-hybridized carbons (Fsp3) is 0.435. The van der Waals surface area contributed by atoms with Crippen molar-refractivity contribution in [1.82, 2.24) is 25.0 Å². The molecule has 0 spiro atoms. The number of halogens is 1. The first-order valence-corrected chi connectivity index (χ1v) is 11.2. The van der Waals surface area contributed by atoms with Crippen LogP contribution in [-0.4, -0.2) is 43.5 Å². The monoisotopic (exact) mass is 457 g/mol. The number of nitrogens with one attached hydrogen (secondary N) is 1. The molecule has 0 radical (unpaired) electrons. The number of aryl methyl sites for hydroxylation is 2. The van der Waals surface area contributed by atoms with Crippen LogP contribution >= 0.6 is 11.6 Å². The molecule has 1 aliphatic rings. The van der Waals surface area contributed by atoms with Gasteiger partial charge in [0.2, 0.25) is 0 Å². The van der Waals surface area contributed by atoms with Crippen LogP contribution in [0.4, 0.5) is 4.79 Å². The summed E-state index contributed by atoms with van der Waals surface area (Å²) in [5, 5.41) is 22.8. The molecule has 4 rings (SSSR count). The highest BCUT2D eigenvalue weighted by Crippen LogP contribution is 2.32. The van der Waals surface area contributed by atoms with E-state index in [-0.39, 0.29) is 24.7 Å². The molecule has 0 aliphatic carbocycles. The van der Waals surface area contributed by atoms with Crippen molar-refractivity contribution in [3.05, 3.63) is 70.2 Å². The molecule has 1 aromatic carbocycles. The fourth-order valence-corrected chi connectivity index (χ4v) is 4.27. The number of aliphatic hydroxyl groups excluding tert-OH is 1. The number of β-amino-alcohol motifs (C(OH)–C–C–N with tert-alkyl or cyclic N) is 1. The Morgan fingerprint density at radius 3 is 2.66 bits per heavy atom. The minimum Gasteiger partial charge on any atom is -0.464 e. The zero-order valence-electron chi connectivity index (χ0n) is 18.5. The number of carbonyl (C=O) groups excluding carboxylic acids is 1. The smallest absolute Gasteiger partial charge is 0.318 e. The van der Waals surface area contributed by atoms with E-state index >= 15 is 0 Å². The second kappa shape index (κ2) is 9.34. The number of urea groups is 1. The number of aromatic nitrogens is 3. The van der Waals surface area contributed by atoms with Crippen molar-refractivity contribution in [3.8, 4) is 0 Å². The van der Waals surface area contributed by atoms with E-state index in [9.17, 15) is 9.90 Å². The normalized spacial score (nSPS) is 19.3. The molecule has 1 saturated heterocycles. The van der Waals surface area contributed by atoms with Gasteiger partial charge in [-0.3, -0.25) is 0 Å². The summed E-state index contributed by atoms with van der Waals surface area (Å²) in [6, 6.07) is 10.5. The van der Waals surface area contributed by atoms with Crippen molar-refractivity contribution in [3.63, 3.8) is 0 Å². The van der Waals surface area contributed by atoms with Crippen molar-refractivity contribution >= 4 is 17.6 Å². The highest BCUT2D eigenvalue weighted by atomic mass is 35.5. The summed E-state index contributed by atoms with van der Waals surface area (Å²) in [5.41, 5.74) is 1.05. The molecule has 2 amide bonds. The number of hydrogen-bond acceptors (Lipinski definition) is 5. The maximum Gasteiger partial charge on any atom is 0.318 e. The molecule has 3 aromatic rings. The number of benzene rings is 1. The van der Waals surface area contributed by atoms with Gasteiger partial charge in [0.25, 0.3) is 0 Å². The molecule has 170 valence electrons. The fourth-order valence-electron chi connectivity index (χ4n) is 4.14. The number of likely N-dealkylation sites (tertiary alicyclic amines) is 1. The first-order chi connectivity index (χ1) is 15.4. The standard InChI is InChI=1S/C23H28ClN5O3/c1-4-19(21-10-5-14(2)32-21)25-23(31)29-13-18(30)11-20(29)22-27-26-15(3)28(22)12-16-6-8-17(24)9-7-16/h5-10,18-20,30H,4,11-13H2,1-3H3,(H,25,31)/t18-,19-,20-/m1/s1. The van der Waals surface area contributed by atoms with Gasteiger partial charge in [0, 0.05) is 18.0 Å². The van der Waals surface area contributed by atoms with E-state index < -0.39 is 6.10 Å². The van der Waals surface area contributed by atoms with E-state index in [4.69, 9.17) is 16.0 Å². The molecule has 32 heavy (non-hydrogen) atoms. The predicted octanol–water partition coefficient (Wildman–Crippen LogP) is 4.16. The van der Waals surface area contributed by atoms with Gasteiger partial charge in [-0.05, 0) is 50.1 Å². The highest BCUT2D eigenvalue weighted by Gasteiger charge is 2.39. The second-order valence-electron chi connectivity index (χ2n) is 8.23. The molecule has 0 unspecified atom stereocenters. The van der Waals surface area contributed by atoms with Gasteiger partial charge >= 0.3 is 6.03 Å². The zero-order valence-corrected chi connectivity index (χ0v) is 19.2. The number of furan rings is 1. The lowest BCUT2D eigenvalue weighted by Crippen LogP contribution is -2.42. The topological polar surface area (TPSA) is 96.4 Å². The number of nitrogens with zero attached hydrogens (tertiary/aromatic N) is 4. The summed E-state index contributed by atoms with van der Waals surface area (Å²) >= 11 is 6.01. The van der Waals surface area contributed by atoms with Crippen LogP contribution in [0.1, 0.15) is 60.6 Å². The van der Waals surface area contributed by atoms with E-state index in [2.05, 4.69) is 15.5 Å². The Morgan fingerprint density at radius 1 is 1.25 bits per heavy atom. The molecule has 1 fully saturated rings. The van der Waals surface area contributed by atoms with E-state index in [0.29, 0.717) is 30.2 Å². The van der Waals surface area contributed by atoms with E-state index in [1.165, 1.54) is 0 Å². The van der Waals surface area contributed by atoms with Crippen molar-refractivity contribution in [1.29, 1.82) is 0 Å². The van der Waals surface area contributed by atoms with Crippen LogP contribution in [0, 0.1) is 13.8 Å². The zero-order chi connectivity index (χ0) is 22.8. The number of carbonyl (C=O) groups is 1. The number of hydrogen-bond donors (Lipinski definition) is 2. The molecule has 9 heteroatoms. The van der Waals surface area contributed by atoms with Crippen molar-refractivity contribution < 1.29 is 14.3 Å². The van der Waals surface area contributed by atoms with Gasteiger partial charge in [-0.15, -0.1) is 10.2 Å². The highest BCUT2D eigenvalue weighted by molar-refractivity contribution is 6.30. The lowest BCUT2D eigenvalue weighted by Gasteiger charge is -2.27. The van der Waals surface area contributed by atoms with Crippen LogP contribution in [0.25, 0.3) is 0 Å². The Balaban J connectivity index is 1.56. The third kappa shape index (κ3) is 4.66. The van der Waals surface area contributed by atoms with Gasteiger partial charge in [0.05, 0.1) is 24.7 Å². The van der Waals surface area contributed by atoms with Crippen LogP contribution in [0.15, 0.2) is 40.8 Å². The molecule has 3 atom stereocenters. The Kier molecular flexibility index (Phi) is 6.53. The Labute approximate surface area is 192 Å². The van der Waals surface area contributed by atoms with E-state index in [1.807, 2.05) is 61.7 Å². The number of amides is 2. The van der Waals surface area contributed by atoms with Crippen molar-refractivity contribution in [2.24, 2.45) is 0 Å². The first kappa shape index (κ1) is 22.4. The minimum absolute atomic E-state index is 0.233. The van der Waals surface area contributed by atoms with Crippen LogP contribution in [0.3, 0.4) is 0 Å². The summed E-state index contributed by atoms with van der Waals surface area (Å²) in [5.74, 6) is 2.92. The van der Waals surface area contributed by atoms with Gasteiger partial charge in [-0.1, -0.05) is 30.7 Å². The van der Waals surface area contributed by atoms with Gasteiger partial charge in [-0.2, -0.15) is 0 Å². The van der Waals surface area contributed by atoms with E-state index in [1.54, 1.807) is 4.90 Å². The van der Waals surface area contributed by atoms with E-state index in [0.717, 1.165) is 22.9 Å². The molecule has 0 saturated carbocycles. The Morgan fingerprint density at radius 2 is 2.00 bits per heavy atom. The summed E-state index contributed by atoms with van der Waals surface area (Å²) in [6.07, 6.45) is 0.465. The third-order valence-electron chi connectivity index (χ3n) is 5.87. The number of aliphatic hydroxyl groups is 1. The second-order valence-corrected chi connectivity index (χ2v) is 8.67. The Bertz CT molecular complexity index is 1080. The average molecular weight is 458 g/mol. The van der Waals surface area contributed by atoms with Gasteiger partial charge in [0.1, 0.15) is 17.3 Å². The first-order valence-electron chi connectivity index (χ1n) is 10.8. The number of rotatable bonds is 6. The molecular weight excluding hydrogens is 430 g/mol. The predicted molar refractivity (Wildman–Crippen MR) is 120 cm³/mol. The minimum atomic E-state index is -0.627. The Hall–Kier alpha value is -2.84. The lowest BCUT2D eigenvalue weighted by molar-refractivity contribution is 0.165. The van der Waals surface area contributed by atoms with Crippen LogP contribution < -0.4 is 5.32 Å². The van der Waals surface area contributed by atoms with Crippen LogP contribution in [0.5, 0.6) is 0 Å². The summed E-state index contributed by atoms with van der Waals surface area (Å²) in [7, 11) is 0. The van der Waals surface area contributed by atoms with Crippen LogP contribution in [-0.2, 0) is 6.54 Å². The van der Waals surface area contributed by atoms with Crippen molar-refractivity contribution in [2.45, 2.75) is 58.3 Å². The molecule has 2 aromatic heterocycles. The third-order valence-corrected chi connectivity index (χ3v) is 6.12. The molecule has 0 bridgehead atoms. The summed E-state index contributed by atoms with van der Waals surface area (Å²) in [6.45, 7) is 6.54. The largest absolute Gasteiger partial charge is 0.464 e. The van der Waals surface area contributed by atoms with Gasteiger partial charge < -0.3 is 24.3 Å². The quantitative estimate of drug-likeness (QED) is 0.579. The maximum atomic E-state index is 13.2. The van der Waals surface area contributed by atoms with Crippen molar-refractivity contribution in [2.75, 3.05) is 6.54 Å². The average Bonchev–Trinajstić information content (AvgIpc) is 3.47. The van der Waals surface area contributed by atoms with Gasteiger partial charge in [-0.25, -0.2) is 4.79 Å². The summed E-state index contributed by atoms with van der Waals surface area (Å²) in [4.78, 5) is 14.9. The molecular formula is C23H28ClN5O3. The lowest BCUT2D eigenvalue weighted by atomic mass is 10.1. The summed E-state index contributed by atoms with van der Waals surface area (Å²) < 4.78 is 7.70. The molecule has 2 N–H and O–H groups in total. The molecule has 1 aliphatic heterocycles.